The molecule has 1 unspecified atom stereocenters. The summed E-state index contributed by atoms with van der Waals surface area (Å²) in [5.74, 6) is 0.446. The van der Waals surface area contributed by atoms with Gasteiger partial charge < -0.3 is 15.7 Å². The molecule has 1 amide bonds. The lowest BCUT2D eigenvalue weighted by Crippen LogP contribution is -2.54. The number of carbonyl (C=O) groups is 1. The standard InChI is InChI=1S/C9H18N2O2/c1-6(2)8(5-12)11-9(13)7-3-10-4-7/h6-8,10,12H,3-5H2,1-2H3,(H,11,13). The number of carbonyl (C=O) groups excluding carboxylic acids is 1. The van der Waals surface area contributed by atoms with Crippen molar-refractivity contribution in [1.29, 1.82) is 0 Å². The lowest BCUT2D eigenvalue weighted by Gasteiger charge is -2.29. The molecule has 1 atom stereocenters. The Hall–Kier alpha value is -0.610. The molecule has 4 heteroatoms. The Morgan fingerprint density at radius 2 is 2.23 bits per heavy atom. The summed E-state index contributed by atoms with van der Waals surface area (Å²) in [6.45, 7) is 5.52. The van der Waals surface area contributed by atoms with E-state index in [1.165, 1.54) is 0 Å². The summed E-state index contributed by atoms with van der Waals surface area (Å²) in [6.07, 6.45) is 0. The Morgan fingerprint density at radius 3 is 2.54 bits per heavy atom. The van der Waals surface area contributed by atoms with E-state index in [4.69, 9.17) is 5.11 Å². The van der Waals surface area contributed by atoms with E-state index in [1.54, 1.807) is 0 Å². The first-order chi connectivity index (χ1) is 6.15. The fourth-order valence-electron chi connectivity index (χ4n) is 1.20. The third-order valence-electron chi connectivity index (χ3n) is 2.48. The van der Waals surface area contributed by atoms with Crippen molar-refractivity contribution in [2.75, 3.05) is 19.7 Å². The highest BCUT2D eigenvalue weighted by molar-refractivity contribution is 5.80. The number of hydrogen-bond acceptors (Lipinski definition) is 3. The number of aliphatic hydroxyl groups is 1. The summed E-state index contributed by atoms with van der Waals surface area (Å²) in [7, 11) is 0. The van der Waals surface area contributed by atoms with Crippen LogP contribution in [0.25, 0.3) is 0 Å². The fourth-order valence-corrected chi connectivity index (χ4v) is 1.20. The van der Waals surface area contributed by atoms with Crippen LogP contribution in [0.4, 0.5) is 0 Å². The maximum absolute atomic E-state index is 11.4. The van der Waals surface area contributed by atoms with E-state index in [1.807, 2.05) is 13.8 Å². The average molecular weight is 186 g/mol. The smallest absolute Gasteiger partial charge is 0.225 e. The number of nitrogens with one attached hydrogen (secondary N) is 2. The van der Waals surface area contributed by atoms with Gasteiger partial charge in [0.15, 0.2) is 0 Å². The van der Waals surface area contributed by atoms with Crippen molar-refractivity contribution in [2.24, 2.45) is 11.8 Å². The first kappa shape index (κ1) is 10.5. The van der Waals surface area contributed by atoms with Crippen molar-refractivity contribution in [3.05, 3.63) is 0 Å². The van der Waals surface area contributed by atoms with Crippen molar-refractivity contribution in [3.8, 4) is 0 Å². The van der Waals surface area contributed by atoms with Gasteiger partial charge in [-0.2, -0.15) is 0 Å². The molecule has 0 saturated carbocycles. The lowest BCUT2D eigenvalue weighted by atomic mass is 10.00. The Kier molecular flexibility index (Phi) is 3.69. The highest BCUT2D eigenvalue weighted by atomic mass is 16.3. The van der Waals surface area contributed by atoms with Crippen LogP contribution >= 0.6 is 0 Å². The predicted octanol–water partition coefficient (Wildman–Crippen LogP) is -0.661. The molecule has 4 nitrogen and oxygen atoms in total. The summed E-state index contributed by atoms with van der Waals surface area (Å²) in [5, 5.41) is 14.9. The minimum atomic E-state index is -0.104. The van der Waals surface area contributed by atoms with Crippen molar-refractivity contribution in [2.45, 2.75) is 19.9 Å². The number of amides is 1. The average Bonchev–Trinajstić information content (AvgIpc) is 1.96. The zero-order valence-electron chi connectivity index (χ0n) is 8.21. The second kappa shape index (κ2) is 4.58. The zero-order valence-corrected chi connectivity index (χ0v) is 8.21. The molecule has 0 aromatic carbocycles. The molecule has 0 radical (unpaired) electrons. The Morgan fingerprint density at radius 1 is 1.62 bits per heavy atom. The van der Waals surface area contributed by atoms with E-state index in [9.17, 15) is 4.79 Å². The number of hydrogen-bond donors (Lipinski definition) is 3. The van der Waals surface area contributed by atoms with E-state index in [2.05, 4.69) is 10.6 Å². The minimum Gasteiger partial charge on any atom is -0.394 e. The van der Waals surface area contributed by atoms with Gasteiger partial charge in [-0.15, -0.1) is 0 Å². The monoisotopic (exact) mass is 186 g/mol. The van der Waals surface area contributed by atoms with Crippen LogP contribution in [0.15, 0.2) is 0 Å². The molecule has 3 N–H and O–H groups in total. The van der Waals surface area contributed by atoms with Crippen LogP contribution in [0.1, 0.15) is 13.8 Å². The second-order valence-electron chi connectivity index (χ2n) is 3.90. The molecule has 1 aliphatic rings. The minimum absolute atomic E-state index is 0.0174. The highest BCUT2D eigenvalue weighted by Gasteiger charge is 2.27. The molecule has 0 bridgehead atoms. The summed E-state index contributed by atoms with van der Waals surface area (Å²) in [6, 6.07) is -0.104. The summed E-state index contributed by atoms with van der Waals surface area (Å²) >= 11 is 0. The van der Waals surface area contributed by atoms with E-state index in [-0.39, 0.29) is 30.4 Å². The summed E-state index contributed by atoms with van der Waals surface area (Å²) in [5.41, 5.74) is 0. The van der Waals surface area contributed by atoms with Gasteiger partial charge in [-0.05, 0) is 5.92 Å². The Balaban J connectivity index is 2.31. The molecule has 1 heterocycles. The molecule has 0 aliphatic carbocycles. The molecule has 0 aromatic heterocycles. The van der Waals surface area contributed by atoms with E-state index < -0.39 is 0 Å². The lowest BCUT2D eigenvalue weighted by molar-refractivity contribution is -0.127. The van der Waals surface area contributed by atoms with E-state index in [0.717, 1.165) is 13.1 Å². The van der Waals surface area contributed by atoms with Crippen LogP contribution in [0.5, 0.6) is 0 Å². The summed E-state index contributed by atoms with van der Waals surface area (Å²) in [4.78, 5) is 11.4. The topological polar surface area (TPSA) is 61.4 Å². The van der Waals surface area contributed by atoms with Gasteiger partial charge in [0.25, 0.3) is 0 Å². The maximum atomic E-state index is 11.4. The molecule has 76 valence electrons. The van der Waals surface area contributed by atoms with Crippen molar-refractivity contribution in [1.82, 2.24) is 10.6 Å². The SMILES string of the molecule is CC(C)C(CO)NC(=O)C1CNC1. The molecule has 0 spiro atoms. The Labute approximate surface area is 78.7 Å². The quantitative estimate of drug-likeness (QED) is 0.546. The Bertz CT molecular complexity index is 178. The third-order valence-corrected chi connectivity index (χ3v) is 2.48. The fraction of sp³-hybridized carbons (Fsp3) is 0.889. The van der Waals surface area contributed by atoms with E-state index >= 15 is 0 Å². The third kappa shape index (κ3) is 2.67. The summed E-state index contributed by atoms with van der Waals surface area (Å²) < 4.78 is 0. The van der Waals surface area contributed by atoms with Gasteiger partial charge in [0.05, 0.1) is 18.6 Å². The maximum Gasteiger partial charge on any atom is 0.225 e. The number of rotatable bonds is 4. The molecule has 1 fully saturated rings. The van der Waals surface area contributed by atoms with Gasteiger partial charge >= 0.3 is 0 Å². The first-order valence-corrected chi connectivity index (χ1v) is 4.77. The van der Waals surface area contributed by atoms with Crippen molar-refractivity contribution >= 4 is 5.91 Å². The normalized spacial score (nSPS) is 19.7. The van der Waals surface area contributed by atoms with Gasteiger partial charge in [0, 0.05) is 13.1 Å². The largest absolute Gasteiger partial charge is 0.394 e. The molecule has 1 aliphatic heterocycles. The van der Waals surface area contributed by atoms with Crippen LogP contribution in [-0.2, 0) is 4.79 Å². The molecular formula is C9H18N2O2. The molecule has 1 rings (SSSR count). The van der Waals surface area contributed by atoms with Gasteiger partial charge in [-0.1, -0.05) is 13.8 Å². The van der Waals surface area contributed by atoms with Crippen molar-refractivity contribution in [3.63, 3.8) is 0 Å². The highest BCUT2D eigenvalue weighted by Crippen LogP contribution is 2.06. The van der Waals surface area contributed by atoms with Crippen LogP contribution in [0.3, 0.4) is 0 Å². The van der Waals surface area contributed by atoms with Gasteiger partial charge in [-0.25, -0.2) is 0 Å². The molecule has 13 heavy (non-hydrogen) atoms. The van der Waals surface area contributed by atoms with Crippen LogP contribution < -0.4 is 10.6 Å². The van der Waals surface area contributed by atoms with Crippen LogP contribution in [0, 0.1) is 11.8 Å². The second-order valence-corrected chi connectivity index (χ2v) is 3.90. The molecule has 0 aromatic rings. The predicted molar refractivity (Wildman–Crippen MR) is 50.2 cm³/mol. The van der Waals surface area contributed by atoms with Gasteiger partial charge in [-0.3, -0.25) is 4.79 Å². The zero-order chi connectivity index (χ0) is 9.84. The molecular weight excluding hydrogens is 168 g/mol. The van der Waals surface area contributed by atoms with Crippen LogP contribution in [-0.4, -0.2) is 36.8 Å². The van der Waals surface area contributed by atoms with Gasteiger partial charge in [0.1, 0.15) is 0 Å². The van der Waals surface area contributed by atoms with E-state index in [0.29, 0.717) is 0 Å². The first-order valence-electron chi connectivity index (χ1n) is 4.77. The van der Waals surface area contributed by atoms with Crippen LogP contribution in [0.2, 0.25) is 0 Å². The number of aliphatic hydroxyl groups excluding tert-OH is 1. The molecule has 1 saturated heterocycles. The van der Waals surface area contributed by atoms with Gasteiger partial charge in [0.2, 0.25) is 5.91 Å². The van der Waals surface area contributed by atoms with Crippen molar-refractivity contribution < 1.29 is 9.90 Å².